The van der Waals surface area contributed by atoms with Gasteiger partial charge in [0.2, 0.25) is 0 Å². The summed E-state index contributed by atoms with van der Waals surface area (Å²) in [6.07, 6.45) is 0.479. The van der Waals surface area contributed by atoms with Crippen molar-refractivity contribution in [3.8, 4) is 0 Å². The summed E-state index contributed by atoms with van der Waals surface area (Å²) in [6.45, 7) is 3.95. The molecule has 0 aliphatic rings. The Hall–Kier alpha value is -0.570. The molecule has 1 aromatic carbocycles. The van der Waals surface area contributed by atoms with Gasteiger partial charge in [0.15, 0.2) is 0 Å². The van der Waals surface area contributed by atoms with Gasteiger partial charge in [-0.1, -0.05) is 37.1 Å². The van der Waals surface area contributed by atoms with E-state index in [2.05, 4.69) is 0 Å². The standard InChI is InChI=1S/C13H19ClO2/c1-3-4-12(15)13(16)8-10-6-5-9(2)7-11(10)14/h5-7,12-13,15-16H,3-4,8H2,1-2H3. The van der Waals surface area contributed by atoms with Gasteiger partial charge in [0.05, 0.1) is 12.2 Å². The van der Waals surface area contributed by atoms with E-state index in [9.17, 15) is 10.2 Å². The Morgan fingerprint density at radius 1 is 1.25 bits per heavy atom. The average Bonchev–Trinajstić information content (AvgIpc) is 2.22. The van der Waals surface area contributed by atoms with Crippen molar-refractivity contribution >= 4 is 11.6 Å². The first-order valence-electron chi connectivity index (χ1n) is 5.65. The molecule has 0 amide bonds. The van der Waals surface area contributed by atoms with E-state index < -0.39 is 12.2 Å². The minimum absolute atomic E-state index is 0.403. The lowest BCUT2D eigenvalue weighted by molar-refractivity contribution is 0.0148. The highest BCUT2D eigenvalue weighted by atomic mass is 35.5. The second-order valence-electron chi connectivity index (χ2n) is 4.22. The maximum absolute atomic E-state index is 9.79. The van der Waals surface area contributed by atoms with Crippen molar-refractivity contribution in [2.75, 3.05) is 0 Å². The third-order valence-electron chi connectivity index (χ3n) is 2.67. The van der Waals surface area contributed by atoms with Crippen molar-refractivity contribution in [2.45, 2.75) is 45.3 Å². The van der Waals surface area contributed by atoms with Crippen LogP contribution in [0.15, 0.2) is 18.2 Å². The van der Waals surface area contributed by atoms with Crippen LogP contribution in [0, 0.1) is 6.92 Å². The van der Waals surface area contributed by atoms with E-state index >= 15 is 0 Å². The lowest BCUT2D eigenvalue weighted by atomic mass is 10.0. The number of aliphatic hydroxyl groups excluding tert-OH is 2. The van der Waals surface area contributed by atoms with E-state index in [-0.39, 0.29) is 0 Å². The molecule has 0 fully saturated rings. The van der Waals surface area contributed by atoms with Gasteiger partial charge in [-0.2, -0.15) is 0 Å². The fourth-order valence-corrected chi connectivity index (χ4v) is 1.98. The largest absolute Gasteiger partial charge is 0.390 e. The number of hydrogen-bond acceptors (Lipinski definition) is 2. The van der Waals surface area contributed by atoms with Crippen LogP contribution in [0.2, 0.25) is 5.02 Å². The van der Waals surface area contributed by atoms with Crippen LogP contribution in [0.4, 0.5) is 0 Å². The molecule has 0 bridgehead atoms. The molecule has 2 nitrogen and oxygen atoms in total. The van der Waals surface area contributed by atoms with Crippen LogP contribution >= 0.6 is 11.6 Å². The van der Waals surface area contributed by atoms with E-state index in [1.165, 1.54) is 0 Å². The fraction of sp³-hybridized carbons (Fsp3) is 0.538. The Kier molecular flexibility index (Phi) is 5.26. The van der Waals surface area contributed by atoms with Crippen LogP contribution < -0.4 is 0 Å². The van der Waals surface area contributed by atoms with Gasteiger partial charge in [0, 0.05) is 11.4 Å². The molecule has 0 saturated carbocycles. The van der Waals surface area contributed by atoms with Crippen molar-refractivity contribution < 1.29 is 10.2 Å². The fourth-order valence-electron chi connectivity index (χ4n) is 1.67. The summed E-state index contributed by atoms with van der Waals surface area (Å²) in [4.78, 5) is 0. The molecule has 90 valence electrons. The lowest BCUT2D eigenvalue weighted by Gasteiger charge is -2.17. The molecule has 2 N–H and O–H groups in total. The van der Waals surface area contributed by atoms with Gasteiger partial charge < -0.3 is 10.2 Å². The predicted octanol–water partition coefficient (Wildman–Crippen LogP) is 2.71. The maximum atomic E-state index is 9.79. The first kappa shape index (κ1) is 13.5. The quantitative estimate of drug-likeness (QED) is 0.834. The smallest absolute Gasteiger partial charge is 0.0839 e. The Bertz CT molecular complexity index is 339. The zero-order valence-electron chi connectivity index (χ0n) is 9.78. The van der Waals surface area contributed by atoms with Crippen molar-refractivity contribution in [3.05, 3.63) is 34.3 Å². The second-order valence-corrected chi connectivity index (χ2v) is 4.63. The molecule has 0 aromatic heterocycles. The molecule has 1 rings (SSSR count). The normalized spacial score (nSPS) is 14.8. The molecule has 0 aliphatic carbocycles. The highest BCUT2D eigenvalue weighted by Gasteiger charge is 2.16. The molecule has 0 aliphatic heterocycles. The molecule has 2 atom stereocenters. The zero-order valence-corrected chi connectivity index (χ0v) is 10.5. The first-order valence-corrected chi connectivity index (χ1v) is 6.03. The van der Waals surface area contributed by atoms with Crippen LogP contribution in [-0.4, -0.2) is 22.4 Å². The summed E-state index contributed by atoms with van der Waals surface area (Å²) in [5.74, 6) is 0. The molecule has 3 heteroatoms. The van der Waals surface area contributed by atoms with Gasteiger partial charge in [-0.25, -0.2) is 0 Å². The van der Waals surface area contributed by atoms with Gasteiger partial charge in [-0.3, -0.25) is 0 Å². The van der Waals surface area contributed by atoms with E-state index in [1.807, 2.05) is 32.0 Å². The Balaban J connectivity index is 2.65. The molecule has 2 unspecified atom stereocenters. The number of benzene rings is 1. The molecule has 0 radical (unpaired) electrons. The second kappa shape index (κ2) is 6.24. The van der Waals surface area contributed by atoms with E-state index in [0.717, 1.165) is 17.5 Å². The first-order chi connectivity index (χ1) is 7.54. The zero-order chi connectivity index (χ0) is 12.1. The average molecular weight is 243 g/mol. The van der Waals surface area contributed by atoms with E-state index in [0.29, 0.717) is 17.9 Å². The van der Waals surface area contributed by atoms with Crippen molar-refractivity contribution in [2.24, 2.45) is 0 Å². The van der Waals surface area contributed by atoms with Crippen molar-refractivity contribution in [3.63, 3.8) is 0 Å². The molecular formula is C13H19ClO2. The van der Waals surface area contributed by atoms with Crippen LogP contribution in [0.25, 0.3) is 0 Å². The van der Waals surface area contributed by atoms with Gasteiger partial charge >= 0.3 is 0 Å². The van der Waals surface area contributed by atoms with Crippen LogP contribution in [0.3, 0.4) is 0 Å². The molecule has 0 saturated heterocycles. The molecule has 16 heavy (non-hydrogen) atoms. The Labute approximate surface area is 102 Å². The van der Waals surface area contributed by atoms with Gasteiger partial charge in [0.1, 0.15) is 0 Å². The van der Waals surface area contributed by atoms with E-state index in [1.54, 1.807) is 0 Å². The highest BCUT2D eigenvalue weighted by molar-refractivity contribution is 6.31. The minimum Gasteiger partial charge on any atom is -0.390 e. The van der Waals surface area contributed by atoms with Crippen molar-refractivity contribution in [1.29, 1.82) is 0 Å². The van der Waals surface area contributed by atoms with E-state index in [4.69, 9.17) is 11.6 Å². The number of aliphatic hydroxyl groups is 2. The summed E-state index contributed by atoms with van der Waals surface area (Å²) in [7, 11) is 0. The van der Waals surface area contributed by atoms with Gasteiger partial charge in [-0.15, -0.1) is 0 Å². The topological polar surface area (TPSA) is 40.5 Å². The van der Waals surface area contributed by atoms with Crippen LogP contribution in [0.1, 0.15) is 30.9 Å². The number of halogens is 1. The third kappa shape index (κ3) is 3.78. The van der Waals surface area contributed by atoms with Crippen LogP contribution in [0.5, 0.6) is 0 Å². The third-order valence-corrected chi connectivity index (χ3v) is 3.02. The molecule has 0 spiro atoms. The summed E-state index contributed by atoms with van der Waals surface area (Å²) in [6, 6.07) is 5.73. The summed E-state index contributed by atoms with van der Waals surface area (Å²) in [5, 5.41) is 20.1. The maximum Gasteiger partial charge on any atom is 0.0839 e. The number of rotatable bonds is 5. The predicted molar refractivity (Wildman–Crippen MR) is 66.8 cm³/mol. The van der Waals surface area contributed by atoms with Crippen molar-refractivity contribution in [1.82, 2.24) is 0 Å². The summed E-state index contributed by atoms with van der Waals surface area (Å²) in [5.41, 5.74) is 1.98. The van der Waals surface area contributed by atoms with Gasteiger partial charge in [0.25, 0.3) is 0 Å². The SMILES string of the molecule is CCCC(O)C(O)Cc1ccc(C)cc1Cl. The Morgan fingerprint density at radius 2 is 1.94 bits per heavy atom. The van der Waals surface area contributed by atoms with Gasteiger partial charge in [-0.05, 0) is 30.5 Å². The number of aryl methyl sites for hydroxylation is 1. The minimum atomic E-state index is -0.736. The highest BCUT2D eigenvalue weighted by Crippen LogP contribution is 2.20. The molecular weight excluding hydrogens is 224 g/mol. The lowest BCUT2D eigenvalue weighted by Crippen LogP contribution is -2.27. The molecule has 1 aromatic rings. The summed E-state index contributed by atoms with van der Waals surface area (Å²) >= 11 is 6.06. The Morgan fingerprint density at radius 3 is 2.50 bits per heavy atom. The summed E-state index contributed by atoms with van der Waals surface area (Å²) < 4.78 is 0. The number of hydrogen-bond donors (Lipinski definition) is 2. The monoisotopic (exact) mass is 242 g/mol. The molecule has 0 heterocycles. The van der Waals surface area contributed by atoms with Crippen LogP contribution in [-0.2, 0) is 6.42 Å².